The summed E-state index contributed by atoms with van der Waals surface area (Å²) in [4.78, 5) is 17.1. The van der Waals surface area contributed by atoms with E-state index in [9.17, 15) is 4.79 Å². The van der Waals surface area contributed by atoms with Gasteiger partial charge in [-0.2, -0.15) is 0 Å². The number of thiocarbonyl (C=S) groups is 1. The lowest BCUT2D eigenvalue weighted by atomic mass is 10.0. The number of carbonyl (C=O) groups is 1. The fourth-order valence-corrected chi connectivity index (χ4v) is 3.02. The number of amides is 1. The number of nitrogens with zero attached hydrogens (tertiary/aromatic N) is 2. The van der Waals surface area contributed by atoms with E-state index in [4.69, 9.17) is 22.7 Å². The van der Waals surface area contributed by atoms with Crippen LogP contribution in [0, 0.1) is 5.92 Å². The molecule has 6 heteroatoms. The van der Waals surface area contributed by atoms with Crippen LogP contribution in [0.2, 0.25) is 0 Å². The average molecular weight is 299 g/mol. The first kappa shape index (κ1) is 15.7. The van der Waals surface area contributed by atoms with Gasteiger partial charge in [-0.1, -0.05) is 12.2 Å². The van der Waals surface area contributed by atoms with Gasteiger partial charge in [-0.25, -0.2) is 0 Å². The molecule has 2 unspecified atom stereocenters. The molecule has 2 aliphatic rings. The molecule has 2 atom stereocenters. The summed E-state index contributed by atoms with van der Waals surface area (Å²) in [6.45, 7) is 9.80. The smallest absolute Gasteiger partial charge is 0.228 e. The summed E-state index contributed by atoms with van der Waals surface area (Å²) in [7, 11) is 0. The molecular weight excluding hydrogens is 274 g/mol. The number of hydrogen-bond acceptors (Lipinski definition) is 4. The zero-order valence-corrected chi connectivity index (χ0v) is 13.4. The van der Waals surface area contributed by atoms with E-state index in [1.807, 2.05) is 25.7 Å². The van der Waals surface area contributed by atoms with Crippen molar-refractivity contribution in [2.24, 2.45) is 11.7 Å². The van der Waals surface area contributed by atoms with Crippen molar-refractivity contribution < 1.29 is 9.53 Å². The van der Waals surface area contributed by atoms with Crippen LogP contribution < -0.4 is 5.73 Å². The predicted octanol–water partition coefficient (Wildman–Crippen LogP) is 0.620. The van der Waals surface area contributed by atoms with Crippen LogP contribution in [0.5, 0.6) is 0 Å². The number of hydrogen-bond donors (Lipinski definition) is 1. The minimum atomic E-state index is -0.282. The summed E-state index contributed by atoms with van der Waals surface area (Å²) >= 11 is 5.13. The molecule has 5 nitrogen and oxygen atoms in total. The van der Waals surface area contributed by atoms with Gasteiger partial charge in [0.1, 0.15) is 0 Å². The lowest BCUT2D eigenvalue weighted by Gasteiger charge is -2.43. The van der Waals surface area contributed by atoms with Gasteiger partial charge < -0.3 is 15.4 Å². The molecule has 2 N–H and O–H groups in total. The van der Waals surface area contributed by atoms with Crippen molar-refractivity contribution in [1.29, 1.82) is 0 Å². The molecule has 0 aromatic carbocycles. The Hall–Kier alpha value is -0.720. The van der Waals surface area contributed by atoms with Gasteiger partial charge in [0.05, 0.1) is 29.2 Å². The zero-order chi connectivity index (χ0) is 14.9. The van der Waals surface area contributed by atoms with Crippen LogP contribution in [0.15, 0.2) is 0 Å². The molecule has 20 heavy (non-hydrogen) atoms. The molecule has 2 rings (SSSR count). The van der Waals surface area contributed by atoms with E-state index in [0.29, 0.717) is 11.6 Å². The first-order chi connectivity index (χ1) is 9.32. The number of carbonyl (C=O) groups excluding carboxylic acids is 1. The molecule has 2 aliphatic heterocycles. The summed E-state index contributed by atoms with van der Waals surface area (Å²) in [5, 5.41) is 0. The predicted molar refractivity (Wildman–Crippen MR) is 82.5 cm³/mol. The topological polar surface area (TPSA) is 58.8 Å². The fourth-order valence-electron chi connectivity index (χ4n) is 2.89. The van der Waals surface area contributed by atoms with Gasteiger partial charge in [-0.3, -0.25) is 9.69 Å². The van der Waals surface area contributed by atoms with Crippen LogP contribution in [0.4, 0.5) is 0 Å². The van der Waals surface area contributed by atoms with Crippen LogP contribution in [0.3, 0.4) is 0 Å². The Kier molecular flexibility index (Phi) is 4.66. The molecule has 2 saturated heterocycles. The third-order valence-corrected chi connectivity index (χ3v) is 5.03. The third-order valence-electron chi connectivity index (χ3n) is 4.53. The summed E-state index contributed by atoms with van der Waals surface area (Å²) in [5.74, 6) is 0.280. The van der Waals surface area contributed by atoms with E-state index in [-0.39, 0.29) is 23.5 Å². The van der Waals surface area contributed by atoms with Gasteiger partial charge in [0, 0.05) is 26.2 Å². The highest BCUT2D eigenvalue weighted by atomic mass is 32.1. The molecule has 0 saturated carbocycles. The average Bonchev–Trinajstić information content (AvgIpc) is 2.84. The van der Waals surface area contributed by atoms with Crippen molar-refractivity contribution in [3.05, 3.63) is 0 Å². The highest BCUT2D eigenvalue weighted by Gasteiger charge is 2.36. The van der Waals surface area contributed by atoms with E-state index in [1.165, 1.54) is 0 Å². The molecule has 114 valence electrons. The summed E-state index contributed by atoms with van der Waals surface area (Å²) in [6, 6.07) is 0. The molecular formula is C14H25N3O2S. The lowest BCUT2D eigenvalue weighted by molar-refractivity contribution is -0.137. The van der Waals surface area contributed by atoms with Crippen molar-refractivity contribution in [2.45, 2.75) is 38.8 Å². The molecule has 0 spiro atoms. The van der Waals surface area contributed by atoms with Gasteiger partial charge >= 0.3 is 0 Å². The summed E-state index contributed by atoms with van der Waals surface area (Å²) < 4.78 is 5.49. The van der Waals surface area contributed by atoms with Gasteiger partial charge in [0.15, 0.2) is 0 Å². The summed E-state index contributed by atoms with van der Waals surface area (Å²) in [5.41, 5.74) is 5.52. The van der Waals surface area contributed by atoms with Crippen LogP contribution in [-0.2, 0) is 9.53 Å². The number of rotatable bonds is 3. The van der Waals surface area contributed by atoms with E-state index in [2.05, 4.69) is 4.90 Å². The quantitative estimate of drug-likeness (QED) is 0.774. The molecule has 2 fully saturated rings. The Morgan fingerprint density at radius 1 is 1.30 bits per heavy atom. The van der Waals surface area contributed by atoms with Crippen molar-refractivity contribution in [2.75, 3.05) is 32.8 Å². The minimum absolute atomic E-state index is 0.0418. The van der Waals surface area contributed by atoms with E-state index >= 15 is 0 Å². The highest BCUT2D eigenvalue weighted by molar-refractivity contribution is 7.80. The maximum absolute atomic E-state index is 12.4. The number of piperazine rings is 1. The Bertz CT molecular complexity index is 392. The van der Waals surface area contributed by atoms with E-state index < -0.39 is 0 Å². The summed E-state index contributed by atoms with van der Waals surface area (Å²) in [6.07, 6.45) is 1.05. The molecule has 1 amide bonds. The number of ether oxygens (including phenoxy) is 1. The Morgan fingerprint density at radius 3 is 2.35 bits per heavy atom. The van der Waals surface area contributed by atoms with E-state index in [0.717, 1.165) is 32.6 Å². The van der Waals surface area contributed by atoms with Crippen LogP contribution in [0.25, 0.3) is 0 Å². The third kappa shape index (κ3) is 3.13. The molecule has 0 aromatic heterocycles. The molecule has 0 aromatic rings. The fraction of sp³-hybridized carbons (Fsp3) is 0.857. The van der Waals surface area contributed by atoms with Crippen molar-refractivity contribution in [1.82, 2.24) is 9.80 Å². The maximum Gasteiger partial charge on any atom is 0.228 e. The Morgan fingerprint density at radius 2 is 1.90 bits per heavy atom. The first-order valence-electron chi connectivity index (χ1n) is 7.27. The largest absolute Gasteiger partial charge is 0.392 e. The first-order valence-corrected chi connectivity index (χ1v) is 7.68. The molecule has 2 heterocycles. The van der Waals surface area contributed by atoms with Crippen LogP contribution in [-0.4, -0.2) is 65.1 Å². The zero-order valence-electron chi connectivity index (χ0n) is 12.6. The molecule has 0 aliphatic carbocycles. The molecule has 0 bridgehead atoms. The standard InChI is InChI=1S/C14H25N3O2S/c1-10-8-11(9-19-10)12(18)16-4-6-17(7-5-16)14(2,3)13(15)20/h10-11H,4-9H2,1-3H3,(H2,15,20). The Balaban J connectivity index is 1.88. The molecule has 0 radical (unpaired) electrons. The number of nitrogens with two attached hydrogens (primary N) is 1. The second-order valence-corrected chi connectivity index (χ2v) is 6.75. The van der Waals surface area contributed by atoms with Crippen molar-refractivity contribution >= 4 is 23.1 Å². The SMILES string of the molecule is CC1CC(C(=O)N2CCN(C(C)(C)C(N)=S)CC2)CO1. The highest BCUT2D eigenvalue weighted by Crippen LogP contribution is 2.23. The van der Waals surface area contributed by atoms with E-state index in [1.54, 1.807) is 0 Å². The van der Waals surface area contributed by atoms with Gasteiger partial charge in [-0.05, 0) is 27.2 Å². The second kappa shape index (κ2) is 5.95. The Labute approximate surface area is 126 Å². The minimum Gasteiger partial charge on any atom is -0.392 e. The monoisotopic (exact) mass is 299 g/mol. The normalized spacial score (nSPS) is 28.6. The van der Waals surface area contributed by atoms with Crippen LogP contribution >= 0.6 is 12.2 Å². The van der Waals surface area contributed by atoms with Gasteiger partial charge in [-0.15, -0.1) is 0 Å². The second-order valence-electron chi connectivity index (χ2n) is 6.31. The van der Waals surface area contributed by atoms with Crippen molar-refractivity contribution in [3.63, 3.8) is 0 Å². The maximum atomic E-state index is 12.4. The van der Waals surface area contributed by atoms with Gasteiger partial charge in [0.25, 0.3) is 0 Å². The van der Waals surface area contributed by atoms with Gasteiger partial charge in [0.2, 0.25) is 5.91 Å². The van der Waals surface area contributed by atoms with Crippen LogP contribution in [0.1, 0.15) is 27.2 Å². The lowest BCUT2D eigenvalue weighted by Crippen LogP contribution is -2.60. The van der Waals surface area contributed by atoms with Crippen molar-refractivity contribution in [3.8, 4) is 0 Å².